The fourth-order valence-electron chi connectivity index (χ4n) is 0.461. The Morgan fingerprint density at radius 3 is 2.80 bits per heavy atom. The molecule has 1 rings (SSSR count). The van der Waals surface area contributed by atoms with E-state index in [0.29, 0.717) is 3.57 Å². The van der Waals surface area contributed by atoms with Gasteiger partial charge in [-0.3, -0.25) is 0 Å². The Labute approximate surface area is 70.4 Å². The van der Waals surface area contributed by atoms with Crippen molar-refractivity contribution in [3.05, 3.63) is 21.5 Å². The van der Waals surface area contributed by atoms with E-state index in [2.05, 4.69) is 10.2 Å². The molecule has 1 aromatic rings. The quantitative estimate of drug-likeness (QED) is 0.748. The summed E-state index contributed by atoms with van der Waals surface area (Å²) in [6.07, 6.45) is 1.45. The van der Waals surface area contributed by atoms with E-state index in [1.54, 1.807) is 6.07 Å². The van der Waals surface area contributed by atoms with Gasteiger partial charge in [-0.05, 0) is 28.7 Å². The minimum Gasteiger partial charge on any atom is -0.476 e. The second-order valence-electron chi connectivity index (χ2n) is 1.53. The van der Waals surface area contributed by atoms with Gasteiger partial charge in [0.1, 0.15) is 0 Å². The number of rotatable bonds is 1. The molecule has 1 heterocycles. The fourth-order valence-corrected chi connectivity index (χ4v) is 0.961. The molecule has 0 fully saturated rings. The minimum atomic E-state index is -1.04. The Hall–Kier alpha value is -0.720. The maximum absolute atomic E-state index is 10.3. The van der Waals surface area contributed by atoms with Crippen LogP contribution in [0.25, 0.3) is 0 Å². The zero-order valence-electron chi connectivity index (χ0n) is 4.78. The van der Waals surface area contributed by atoms with Crippen molar-refractivity contribution in [1.82, 2.24) is 10.2 Å². The number of carbonyl (C=O) groups is 1. The van der Waals surface area contributed by atoms with Crippen molar-refractivity contribution in [1.29, 1.82) is 0 Å². The van der Waals surface area contributed by atoms with Gasteiger partial charge in [-0.2, -0.15) is 5.10 Å². The molecule has 0 aliphatic carbocycles. The number of carboxylic acid groups (broad SMARTS) is 1. The van der Waals surface area contributed by atoms with Crippen LogP contribution in [0.4, 0.5) is 0 Å². The van der Waals surface area contributed by atoms with E-state index in [4.69, 9.17) is 5.11 Å². The van der Waals surface area contributed by atoms with Crippen LogP contribution in [0, 0.1) is 3.57 Å². The summed E-state index contributed by atoms with van der Waals surface area (Å²) in [4.78, 5) is 10.3. The van der Waals surface area contributed by atoms with E-state index in [0.717, 1.165) is 0 Å². The third-order valence-corrected chi connectivity index (χ3v) is 1.74. The zero-order valence-corrected chi connectivity index (χ0v) is 6.94. The highest BCUT2D eigenvalue weighted by molar-refractivity contribution is 14.1. The summed E-state index contributed by atoms with van der Waals surface area (Å²) in [6, 6.07) is 1.59. The summed E-state index contributed by atoms with van der Waals surface area (Å²) in [5.41, 5.74) is 0.00287. The Balaban J connectivity index is 3.15. The Morgan fingerprint density at radius 1 is 1.70 bits per heavy atom. The van der Waals surface area contributed by atoms with Crippen molar-refractivity contribution in [2.45, 2.75) is 0 Å². The van der Waals surface area contributed by atoms with Crippen molar-refractivity contribution in [2.75, 3.05) is 0 Å². The van der Waals surface area contributed by atoms with E-state index in [1.807, 2.05) is 22.6 Å². The van der Waals surface area contributed by atoms with Crippen molar-refractivity contribution >= 4 is 28.6 Å². The molecule has 10 heavy (non-hydrogen) atoms. The smallest absolute Gasteiger partial charge is 0.357 e. The third-order valence-electron chi connectivity index (χ3n) is 0.874. The van der Waals surface area contributed by atoms with Crippen molar-refractivity contribution in [3.63, 3.8) is 0 Å². The number of aromatic nitrogens is 2. The predicted octanol–water partition coefficient (Wildman–Crippen LogP) is 0.779. The van der Waals surface area contributed by atoms with Crippen LogP contribution in [-0.2, 0) is 0 Å². The maximum Gasteiger partial charge on any atom is 0.357 e. The molecular weight excluding hydrogens is 247 g/mol. The number of nitrogens with zero attached hydrogens (tertiary/aromatic N) is 2. The molecule has 0 spiro atoms. The van der Waals surface area contributed by atoms with Gasteiger partial charge in [-0.15, -0.1) is 5.10 Å². The molecule has 4 nitrogen and oxygen atoms in total. The third kappa shape index (κ3) is 1.41. The normalized spacial score (nSPS) is 9.30. The maximum atomic E-state index is 10.3. The van der Waals surface area contributed by atoms with Crippen LogP contribution in [0.5, 0.6) is 0 Å². The highest BCUT2D eigenvalue weighted by Crippen LogP contribution is 2.05. The van der Waals surface area contributed by atoms with E-state index in [9.17, 15) is 4.79 Å². The summed E-state index contributed by atoms with van der Waals surface area (Å²) in [6.45, 7) is 0. The zero-order chi connectivity index (χ0) is 7.56. The van der Waals surface area contributed by atoms with Crippen molar-refractivity contribution in [3.8, 4) is 0 Å². The summed E-state index contributed by atoms with van der Waals surface area (Å²) < 4.78 is 0.597. The first kappa shape index (κ1) is 7.39. The first-order valence-electron chi connectivity index (χ1n) is 2.42. The lowest BCUT2D eigenvalue weighted by Gasteiger charge is -1.92. The standard InChI is InChI=1S/C5H3IN2O2/c6-3-1-2-7-8-4(3)5(9)10/h1-2H,(H,9,10). The van der Waals surface area contributed by atoms with Crippen LogP contribution in [-0.4, -0.2) is 21.3 Å². The molecule has 0 aliphatic rings. The lowest BCUT2D eigenvalue weighted by Crippen LogP contribution is -2.03. The number of carboxylic acids is 1. The molecule has 0 aromatic carbocycles. The van der Waals surface area contributed by atoms with Crippen LogP contribution < -0.4 is 0 Å². The van der Waals surface area contributed by atoms with Gasteiger partial charge in [0.2, 0.25) is 0 Å². The monoisotopic (exact) mass is 250 g/mol. The fraction of sp³-hybridized carbons (Fsp3) is 0. The average molecular weight is 250 g/mol. The molecule has 5 heteroatoms. The molecule has 0 atom stereocenters. The van der Waals surface area contributed by atoms with Crippen molar-refractivity contribution < 1.29 is 9.90 Å². The van der Waals surface area contributed by atoms with E-state index in [1.165, 1.54) is 6.20 Å². The van der Waals surface area contributed by atoms with Gasteiger partial charge in [0.05, 0.1) is 6.20 Å². The highest BCUT2D eigenvalue weighted by Gasteiger charge is 2.07. The molecule has 0 saturated carbocycles. The van der Waals surface area contributed by atoms with Crippen molar-refractivity contribution in [2.24, 2.45) is 0 Å². The Bertz CT molecular complexity index is 264. The van der Waals surface area contributed by atoms with E-state index in [-0.39, 0.29) is 5.69 Å². The highest BCUT2D eigenvalue weighted by atomic mass is 127. The molecule has 0 unspecified atom stereocenters. The Morgan fingerprint density at radius 2 is 2.40 bits per heavy atom. The first-order valence-corrected chi connectivity index (χ1v) is 3.50. The van der Waals surface area contributed by atoms with Crippen LogP contribution in [0.3, 0.4) is 0 Å². The van der Waals surface area contributed by atoms with Crippen LogP contribution in [0.2, 0.25) is 0 Å². The summed E-state index contributed by atoms with van der Waals surface area (Å²) in [5.74, 6) is -1.04. The Kier molecular flexibility index (Phi) is 2.15. The second kappa shape index (κ2) is 2.91. The minimum absolute atomic E-state index is 0.00287. The predicted molar refractivity (Wildman–Crippen MR) is 41.7 cm³/mol. The average Bonchev–Trinajstić information content (AvgIpc) is 1.88. The number of aromatic carboxylic acids is 1. The van der Waals surface area contributed by atoms with Gasteiger partial charge >= 0.3 is 5.97 Å². The SMILES string of the molecule is O=C(O)c1nnccc1I. The molecule has 52 valence electrons. The number of halogens is 1. The molecular formula is C5H3IN2O2. The van der Waals surface area contributed by atoms with E-state index >= 15 is 0 Å². The topological polar surface area (TPSA) is 63.1 Å². The van der Waals surface area contributed by atoms with Gasteiger partial charge in [0, 0.05) is 3.57 Å². The first-order chi connectivity index (χ1) is 4.72. The molecule has 0 amide bonds. The van der Waals surface area contributed by atoms with Crippen LogP contribution >= 0.6 is 22.6 Å². The summed E-state index contributed by atoms with van der Waals surface area (Å²) >= 11 is 1.89. The second-order valence-corrected chi connectivity index (χ2v) is 2.70. The molecule has 1 N–H and O–H groups in total. The molecule has 0 saturated heterocycles. The van der Waals surface area contributed by atoms with Gasteiger partial charge < -0.3 is 5.11 Å². The summed E-state index contributed by atoms with van der Waals surface area (Å²) in [7, 11) is 0. The molecule has 0 aliphatic heterocycles. The largest absolute Gasteiger partial charge is 0.476 e. The lowest BCUT2D eigenvalue weighted by atomic mass is 10.4. The van der Waals surface area contributed by atoms with E-state index < -0.39 is 5.97 Å². The number of hydrogen-bond donors (Lipinski definition) is 1. The molecule has 0 radical (unpaired) electrons. The van der Waals surface area contributed by atoms with Gasteiger partial charge in [0.15, 0.2) is 5.69 Å². The lowest BCUT2D eigenvalue weighted by molar-refractivity contribution is 0.0688. The number of hydrogen-bond acceptors (Lipinski definition) is 3. The summed E-state index contributed by atoms with van der Waals surface area (Å²) in [5, 5.41) is 15.3. The van der Waals surface area contributed by atoms with Gasteiger partial charge in [-0.25, -0.2) is 4.79 Å². The van der Waals surface area contributed by atoms with Gasteiger partial charge in [0.25, 0.3) is 0 Å². The molecule has 0 bridgehead atoms. The van der Waals surface area contributed by atoms with Crippen LogP contribution in [0.15, 0.2) is 12.3 Å². The van der Waals surface area contributed by atoms with Crippen LogP contribution in [0.1, 0.15) is 10.5 Å². The molecule has 1 aromatic heterocycles. The van der Waals surface area contributed by atoms with Gasteiger partial charge in [-0.1, -0.05) is 0 Å².